The molecule has 5 rings (SSSR count). The van der Waals surface area contributed by atoms with E-state index in [1.165, 1.54) is 11.1 Å². The Morgan fingerprint density at radius 1 is 1.15 bits per heavy atom. The van der Waals surface area contributed by atoms with Crippen LogP contribution in [0.4, 0.5) is 5.95 Å². The van der Waals surface area contributed by atoms with Gasteiger partial charge in [0.2, 0.25) is 5.95 Å². The molecule has 26 heavy (non-hydrogen) atoms. The van der Waals surface area contributed by atoms with Gasteiger partial charge < -0.3 is 14.2 Å². The molecule has 1 unspecified atom stereocenters. The fourth-order valence-electron chi connectivity index (χ4n) is 3.86. The van der Waals surface area contributed by atoms with Gasteiger partial charge in [0, 0.05) is 39.1 Å². The molecule has 0 saturated carbocycles. The van der Waals surface area contributed by atoms with Gasteiger partial charge in [-0.25, -0.2) is 4.68 Å². The van der Waals surface area contributed by atoms with Crippen LogP contribution in [0.25, 0.3) is 0 Å². The largest absolute Gasteiger partial charge is 0.616 e. The van der Waals surface area contributed by atoms with Crippen LogP contribution < -0.4 is 9.64 Å². The topological polar surface area (TPSA) is 69.5 Å². The Bertz CT molecular complexity index is 803. The molecule has 0 radical (unpaired) electrons. The molecule has 8 heteroatoms. The molecule has 2 aromatic rings. The quantitative estimate of drug-likeness (QED) is 0.741. The highest BCUT2D eigenvalue weighted by molar-refractivity contribution is 7.90. The minimum absolute atomic E-state index is 0.535. The summed E-state index contributed by atoms with van der Waals surface area (Å²) in [5.41, 5.74) is 2.64. The number of ether oxygens (including phenoxy) is 1. The summed E-state index contributed by atoms with van der Waals surface area (Å²) in [7, 11) is 0. The second-order valence-corrected chi connectivity index (χ2v) is 8.72. The van der Waals surface area contributed by atoms with Crippen LogP contribution in [0.2, 0.25) is 0 Å². The van der Waals surface area contributed by atoms with Gasteiger partial charge in [-0.1, -0.05) is 12.1 Å². The van der Waals surface area contributed by atoms with Crippen LogP contribution in [0.5, 0.6) is 5.75 Å². The van der Waals surface area contributed by atoms with Crippen molar-refractivity contribution in [2.24, 2.45) is 0 Å². The van der Waals surface area contributed by atoms with Gasteiger partial charge in [-0.05, 0) is 28.4 Å². The SMILES string of the molecule is [O-][S+]1CCn2nc(N3CCN(Cc4ccc5c(c4)OCC5)CC3)nc2C1. The van der Waals surface area contributed by atoms with Gasteiger partial charge in [-0.15, -0.1) is 5.10 Å². The van der Waals surface area contributed by atoms with Crippen LogP contribution in [-0.2, 0) is 36.4 Å². The second-order valence-electron chi connectivity index (χ2n) is 7.14. The minimum Gasteiger partial charge on any atom is -0.616 e. The first-order valence-electron chi connectivity index (χ1n) is 9.25. The summed E-state index contributed by atoms with van der Waals surface area (Å²) in [4.78, 5) is 9.34. The van der Waals surface area contributed by atoms with Crippen molar-refractivity contribution in [2.75, 3.05) is 43.4 Å². The van der Waals surface area contributed by atoms with E-state index in [9.17, 15) is 4.55 Å². The smallest absolute Gasteiger partial charge is 0.245 e. The molecule has 0 aliphatic carbocycles. The van der Waals surface area contributed by atoms with Crippen molar-refractivity contribution in [3.63, 3.8) is 0 Å². The lowest BCUT2D eigenvalue weighted by Gasteiger charge is -2.34. The molecule has 4 heterocycles. The molecule has 0 amide bonds. The molecular formula is C18H23N5O2S. The number of fused-ring (bicyclic) bond motifs is 2. The zero-order chi connectivity index (χ0) is 17.5. The van der Waals surface area contributed by atoms with Gasteiger partial charge in [0.1, 0.15) is 11.5 Å². The monoisotopic (exact) mass is 373 g/mol. The molecule has 138 valence electrons. The molecule has 1 atom stereocenters. The van der Waals surface area contributed by atoms with Gasteiger partial charge >= 0.3 is 0 Å². The Labute approximate surface area is 156 Å². The van der Waals surface area contributed by atoms with E-state index >= 15 is 0 Å². The summed E-state index contributed by atoms with van der Waals surface area (Å²) >= 11 is -0.782. The fraction of sp³-hybridized carbons (Fsp3) is 0.556. The Morgan fingerprint density at radius 2 is 2.04 bits per heavy atom. The summed E-state index contributed by atoms with van der Waals surface area (Å²) in [6.45, 7) is 6.32. The average Bonchev–Trinajstić information content (AvgIpc) is 3.28. The van der Waals surface area contributed by atoms with Crippen molar-refractivity contribution in [3.8, 4) is 5.75 Å². The molecule has 1 aromatic carbocycles. The first-order chi connectivity index (χ1) is 12.7. The zero-order valence-electron chi connectivity index (χ0n) is 14.8. The van der Waals surface area contributed by atoms with E-state index in [0.29, 0.717) is 11.5 Å². The summed E-state index contributed by atoms with van der Waals surface area (Å²) in [5, 5.41) is 4.62. The van der Waals surface area contributed by atoms with Crippen LogP contribution in [0.15, 0.2) is 18.2 Å². The van der Waals surface area contributed by atoms with Crippen molar-refractivity contribution in [3.05, 3.63) is 35.2 Å². The average molecular weight is 373 g/mol. The Hall–Kier alpha value is -1.77. The summed E-state index contributed by atoms with van der Waals surface area (Å²) in [6, 6.07) is 6.63. The van der Waals surface area contributed by atoms with E-state index in [-0.39, 0.29) is 0 Å². The lowest BCUT2D eigenvalue weighted by atomic mass is 10.1. The van der Waals surface area contributed by atoms with Gasteiger partial charge in [0.15, 0.2) is 11.6 Å². The first-order valence-corrected chi connectivity index (χ1v) is 10.7. The van der Waals surface area contributed by atoms with E-state index in [1.807, 2.05) is 4.68 Å². The first kappa shape index (κ1) is 16.4. The number of anilines is 1. The Balaban J connectivity index is 1.20. The predicted molar refractivity (Wildman–Crippen MR) is 99.9 cm³/mol. The predicted octanol–water partition coefficient (Wildman–Crippen LogP) is 0.798. The van der Waals surface area contributed by atoms with Crippen molar-refractivity contribution >= 4 is 17.1 Å². The number of hydrogen-bond donors (Lipinski definition) is 0. The lowest BCUT2D eigenvalue weighted by Crippen LogP contribution is -2.46. The molecule has 0 bridgehead atoms. The van der Waals surface area contributed by atoms with Gasteiger partial charge in [-0.2, -0.15) is 4.98 Å². The summed E-state index contributed by atoms with van der Waals surface area (Å²) in [6.07, 6.45) is 1.03. The third-order valence-electron chi connectivity index (χ3n) is 5.38. The van der Waals surface area contributed by atoms with Gasteiger partial charge in [-0.3, -0.25) is 4.90 Å². The standard InChI is InChI=1S/C18H23N5O2S/c24-26-10-8-23-17(13-26)19-18(20-23)22-6-4-21(5-7-22)12-14-1-2-15-3-9-25-16(15)11-14/h1-2,11H,3-10,12-13H2. The molecule has 1 aromatic heterocycles. The van der Waals surface area contributed by atoms with E-state index in [4.69, 9.17) is 4.74 Å². The Morgan fingerprint density at radius 3 is 2.92 bits per heavy atom. The molecule has 3 aliphatic heterocycles. The third-order valence-corrected chi connectivity index (χ3v) is 6.60. The van der Waals surface area contributed by atoms with Gasteiger partial charge in [0.05, 0.1) is 13.2 Å². The highest BCUT2D eigenvalue weighted by Crippen LogP contribution is 2.27. The lowest BCUT2D eigenvalue weighted by molar-refractivity contribution is 0.248. The molecule has 0 spiro atoms. The number of aromatic nitrogens is 3. The second kappa shape index (κ2) is 6.75. The van der Waals surface area contributed by atoms with Crippen molar-refractivity contribution < 1.29 is 9.29 Å². The fourth-order valence-corrected chi connectivity index (χ4v) is 4.88. The van der Waals surface area contributed by atoms with E-state index in [2.05, 4.69) is 38.1 Å². The van der Waals surface area contributed by atoms with Crippen molar-refractivity contribution in [2.45, 2.75) is 25.3 Å². The molecular weight excluding hydrogens is 350 g/mol. The van der Waals surface area contributed by atoms with Crippen LogP contribution >= 0.6 is 0 Å². The maximum Gasteiger partial charge on any atom is 0.245 e. The van der Waals surface area contributed by atoms with Crippen molar-refractivity contribution in [1.29, 1.82) is 0 Å². The van der Waals surface area contributed by atoms with Gasteiger partial charge in [0.25, 0.3) is 0 Å². The molecule has 3 aliphatic rings. The number of hydrogen-bond acceptors (Lipinski definition) is 6. The molecule has 1 saturated heterocycles. The van der Waals surface area contributed by atoms with Crippen LogP contribution in [0, 0.1) is 0 Å². The number of piperazine rings is 1. The van der Waals surface area contributed by atoms with Crippen LogP contribution in [0.3, 0.4) is 0 Å². The van der Waals surface area contributed by atoms with Crippen LogP contribution in [0.1, 0.15) is 17.0 Å². The normalized spacial score (nSPS) is 22.8. The number of rotatable bonds is 3. The molecule has 0 N–H and O–H groups in total. The highest BCUT2D eigenvalue weighted by Gasteiger charge is 2.26. The van der Waals surface area contributed by atoms with E-state index in [0.717, 1.165) is 69.8 Å². The Kier molecular flexibility index (Phi) is 4.26. The molecule has 7 nitrogen and oxygen atoms in total. The maximum atomic E-state index is 11.7. The summed E-state index contributed by atoms with van der Waals surface area (Å²) < 4.78 is 19.3. The third kappa shape index (κ3) is 3.17. The highest BCUT2D eigenvalue weighted by atomic mass is 32.2. The minimum atomic E-state index is -0.782. The van der Waals surface area contributed by atoms with E-state index < -0.39 is 11.2 Å². The number of aryl methyl sites for hydroxylation is 1. The van der Waals surface area contributed by atoms with E-state index in [1.54, 1.807) is 0 Å². The molecule has 1 fully saturated rings. The van der Waals surface area contributed by atoms with Crippen LogP contribution in [-0.4, -0.2) is 62.8 Å². The zero-order valence-corrected chi connectivity index (χ0v) is 15.6. The number of benzene rings is 1. The summed E-state index contributed by atoms with van der Waals surface area (Å²) in [5.74, 6) is 3.95. The maximum absolute atomic E-state index is 11.7. The number of nitrogens with zero attached hydrogens (tertiary/aromatic N) is 5. The van der Waals surface area contributed by atoms with Crippen molar-refractivity contribution in [1.82, 2.24) is 19.7 Å².